The third kappa shape index (κ3) is 4.70. The van der Waals surface area contributed by atoms with Crippen LogP contribution >= 0.6 is 0 Å². The molecule has 5 aromatic heterocycles. The van der Waals surface area contributed by atoms with Gasteiger partial charge >= 0.3 is 0 Å². The van der Waals surface area contributed by atoms with Gasteiger partial charge in [0, 0.05) is 71.2 Å². The minimum atomic E-state index is 0.959. The first-order valence-electron chi connectivity index (χ1n) is 22.6. The monoisotopic (exact) mass is 839 g/mol. The van der Waals surface area contributed by atoms with Gasteiger partial charge in [0.25, 0.3) is 0 Å². The Labute approximate surface area is 378 Å². The number of anilines is 6. The van der Waals surface area contributed by atoms with E-state index < -0.39 is 0 Å². The number of nitrogens with zero attached hydrogens (tertiary/aromatic N) is 5. The van der Waals surface area contributed by atoms with E-state index >= 15 is 0 Å². The number of para-hydroxylation sites is 6. The molecular formula is C61H37N5. The minimum absolute atomic E-state index is 0.959. The predicted molar refractivity (Wildman–Crippen MR) is 278 cm³/mol. The molecule has 5 heteroatoms. The Bertz CT molecular complexity index is 4020. The molecule has 66 heavy (non-hydrogen) atoms. The van der Waals surface area contributed by atoms with Crippen LogP contribution in [-0.2, 0) is 0 Å². The molecule has 0 spiro atoms. The van der Waals surface area contributed by atoms with Crippen LogP contribution < -0.4 is 9.80 Å². The number of rotatable bonds is 6. The maximum Gasteiger partial charge on any atom is 0.146 e. The van der Waals surface area contributed by atoms with Gasteiger partial charge in [-0.25, -0.2) is 4.98 Å². The number of fused-ring (bicyclic) bond motifs is 14. The fourth-order valence-electron chi connectivity index (χ4n) is 11.4. The van der Waals surface area contributed by atoms with E-state index in [2.05, 4.69) is 243 Å². The quantitative estimate of drug-likeness (QED) is 0.167. The van der Waals surface area contributed by atoms with Crippen LogP contribution in [0.3, 0.4) is 0 Å². The Balaban J connectivity index is 1.13. The van der Waals surface area contributed by atoms with Crippen LogP contribution in [0.2, 0.25) is 0 Å². The van der Waals surface area contributed by atoms with E-state index in [0.717, 1.165) is 67.1 Å². The van der Waals surface area contributed by atoms with Gasteiger partial charge < -0.3 is 14.2 Å². The average molecular weight is 840 g/mol. The Morgan fingerprint density at radius 1 is 0.288 bits per heavy atom. The molecule has 10 aromatic carbocycles. The third-order valence-corrected chi connectivity index (χ3v) is 14.0. The molecule has 0 bridgehead atoms. The highest BCUT2D eigenvalue weighted by atomic mass is 15.2. The summed E-state index contributed by atoms with van der Waals surface area (Å²) in [5, 5.41) is 13.1. The normalized spacial score (nSPS) is 12.2. The van der Waals surface area contributed by atoms with E-state index in [4.69, 9.17) is 4.98 Å². The van der Waals surface area contributed by atoms with Gasteiger partial charge in [-0.3, -0.25) is 4.40 Å². The number of hydrogen-bond donors (Lipinski definition) is 0. The van der Waals surface area contributed by atoms with Crippen LogP contribution in [-0.4, -0.2) is 13.8 Å². The molecule has 5 nitrogen and oxygen atoms in total. The first kappa shape index (κ1) is 35.5. The van der Waals surface area contributed by atoms with Gasteiger partial charge in [0.2, 0.25) is 0 Å². The van der Waals surface area contributed by atoms with Crippen molar-refractivity contribution in [2.75, 3.05) is 9.80 Å². The average Bonchev–Trinajstić information content (AvgIpc) is 4.10. The van der Waals surface area contributed by atoms with Gasteiger partial charge in [-0.05, 0) is 77.5 Å². The van der Waals surface area contributed by atoms with Crippen LogP contribution in [0.1, 0.15) is 0 Å². The molecule has 15 rings (SSSR count). The summed E-state index contributed by atoms with van der Waals surface area (Å²) in [6, 6.07) is 81.6. The number of benzene rings is 10. The van der Waals surface area contributed by atoms with E-state index in [1.54, 1.807) is 0 Å². The largest absolute Gasteiger partial charge is 0.308 e. The molecule has 0 radical (unpaired) electrons. The molecular weight excluding hydrogens is 803 g/mol. The Morgan fingerprint density at radius 3 is 1.15 bits per heavy atom. The van der Waals surface area contributed by atoms with Crippen molar-refractivity contribution in [1.82, 2.24) is 13.8 Å². The van der Waals surface area contributed by atoms with Crippen molar-refractivity contribution in [3.63, 3.8) is 0 Å². The number of hydrogen-bond acceptors (Lipinski definition) is 3. The second-order valence-corrected chi connectivity index (χ2v) is 17.5. The van der Waals surface area contributed by atoms with Crippen molar-refractivity contribution in [2.45, 2.75) is 0 Å². The van der Waals surface area contributed by atoms with E-state index in [0.29, 0.717) is 0 Å². The molecule has 15 aromatic rings. The first-order chi connectivity index (χ1) is 32.8. The molecule has 0 aliphatic carbocycles. The second kappa shape index (κ2) is 13.3. The van der Waals surface area contributed by atoms with E-state index in [-0.39, 0.29) is 0 Å². The van der Waals surface area contributed by atoms with Crippen molar-refractivity contribution in [3.8, 4) is 0 Å². The molecule has 0 N–H and O–H groups in total. The zero-order valence-electron chi connectivity index (χ0n) is 35.6. The lowest BCUT2D eigenvalue weighted by molar-refractivity contribution is 1.26. The highest BCUT2D eigenvalue weighted by Gasteiger charge is 2.29. The molecule has 0 saturated heterocycles. The predicted octanol–water partition coefficient (Wildman–Crippen LogP) is 16.6. The summed E-state index contributed by atoms with van der Waals surface area (Å²) in [6.45, 7) is 0. The highest BCUT2D eigenvalue weighted by Crippen LogP contribution is 2.52. The minimum Gasteiger partial charge on any atom is -0.308 e. The molecule has 0 aliphatic rings. The van der Waals surface area contributed by atoms with E-state index in [1.807, 2.05) is 0 Å². The first-order valence-corrected chi connectivity index (χ1v) is 22.6. The van der Waals surface area contributed by atoms with Crippen molar-refractivity contribution in [3.05, 3.63) is 224 Å². The molecule has 306 valence electrons. The van der Waals surface area contributed by atoms with Gasteiger partial charge in [-0.15, -0.1) is 0 Å². The van der Waals surface area contributed by atoms with E-state index in [9.17, 15) is 0 Å². The topological polar surface area (TPSA) is 28.2 Å². The third-order valence-electron chi connectivity index (χ3n) is 14.0. The molecule has 0 fully saturated rings. The maximum absolute atomic E-state index is 5.90. The Kier molecular flexibility index (Phi) is 7.16. The van der Waals surface area contributed by atoms with Crippen LogP contribution in [0.5, 0.6) is 0 Å². The molecule has 0 aliphatic heterocycles. The van der Waals surface area contributed by atoms with Crippen LogP contribution in [0.15, 0.2) is 224 Å². The summed E-state index contributed by atoms with van der Waals surface area (Å²) < 4.78 is 5.01. The molecule has 0 saturated carbocycles. The smallest absolute Gasteiger partial charge is 0.146 e. The maximum atomic E-state index is 5.90. The second-order valence-electron chi connectivity index (χ2n) is 17.5. The summed E-state index contributed by atoms with van der Waals surface area (Å²) in [5.41, 5.74) is 14.4. The molecule has 5 heterocycles. The number of pyridine rings is 1. The Hall–Kier alpha value is -8.93. The molecule has 0 atom stereocenters. The summed E-state index contributed by atoms with van der Waals surface area (Å²) >= 11 is 0. The van der Waals surface area contributed by atoms with E-state index in [1.165, 1.54) is 65.0 Å². The number of aromatic nitrogens is 3. The van der Waals surface area contributed by atoms with Crippen molar-refractivity contribution in [2.24, 2.45) is 0 Å². The fraction of sp³-hybridized carbons (Fsp3) is 0. The van der Waals surface area contributed by atoms with Gasteiger partial charge in [0.1, 0.15) is 5.65 Å². The molecule has 0 unspecified atom stereocenters. The highest BCUT2D eigenvalue weighted by molar-refractivity contribution is 6.32. The summed E-state index contributed by atoms with van der Waals surface area (Å²) in [4.78, 5) is 10.8. The van der Waals surface area contributed by atoms with Crippen LogP contribution in [0, 0.1) is 0 Å². The van der Waals surface area contributed by atoms with Gasteiger partial charge in [0.15, 0.2) is 0 Å². The zero-order chi connectivity index (χ0) is 43.0. The molecule has 0 amide bonds. The standard InChI is InChI=1S/C61H37N5/c1-5-21-40(22-6-1)63(41-23-7-2-8-24-41)57-44-29-15-13-19-38(44)35-50-47-32-18-34-49-54-53(65(56(47)49)59(50)57)37-52-48-33-17-31-46-51-36-39-20-14-16-30-45(39)58(60(51)66(55(46)48)61(52)62-54)64(42-25-9-3-10-26-42)43-27-11-4-12-28-43/h1-37H. The lowest BCUT2D eigenvalue weighted by atomic mass is 10.0. The van der Waals surface area contributed by atoms with Crippen molar-refractivity contribution >= 4 is 132 Å². The Morgan fingerprint density at radius 2 is 0.667 bits per heavy atom. The SMILES string of the molecule is c1ccc(N(c2ccccc2)c2c3ccccc3cc3c4cccc5c6nc7c(cc6n(c23)c45)c2cccc3c4cc5ccccc5c(N(c5ccccc5)c5ccccc5)c4n7c23)cc1. The lowest BCUT2D eigenvalue weighted by Gasteiger charge is -2.28. The summed E-state index contributed by atoms with van der Waals surface area (Å²) in [6.07, 6.45) is 0. The van der Waals surface area contributed by atoms with Gasteiger partial charge in [0.05, 0.1) is 44.5 Å². The zero-order valence-corrected chi connectivity index (χ0v) is 35.6. The van der Waals surface area contributed by atoms with Gasteiger partial charge in [-0.1, -0.05) is 158 Å². The van der Waals surface area contributed by atoms with Crippen LogP contribution in [0.25, 0.3) is 98.0 Å². The van der Waals surface area contributed by atoms with Crippen molar-refractivity contribution in [1.29, 1.82) is 0 Å². The summed E-state index contributed by atoms with van der Waals surface area (Å²) in [5.74, 6) is 0. The summed E-state index contributed by atoms with van der Waals surface area (Å²) in [7, 11) is 0. The lowest BCUT2D eigenvalue weighted by Crippen LogP contribution is -2.11. The fourth-order valence-corrected chi connectivity index (χ4v) is 11.4. The van der Waals surface area contributed by atoms with Crippen molar-refractivity contribution < 1.29 is 0 Å². The van der Waals surface area contributed by atoms with Crippen LogP contribution in [0.4, 0.5) is 34.1 Å². The van der Waals surface area contributed by atoms with Gasteiger partial charge in [-0.2, -0.15) is 0 Å².